The van der Waals surface area contributed by atoms with Gasteiger partial charge in [-0.25, -0.2) is 9.97 Å². The average molecular weight is 388 g/mol. The van der Waals surface area contributed by atoms with E-state index in [1.807, 2.05) is 35.0 Å². The molecule has 138 valence electrons. The van der Waals surface area contributed by atoms with Gasteiger partial charge in [-0.2, -0.15) is 13.2 Å². The molecule has 0 saturated heterocycles. The highest BCUT2D eigenvalue weighted by molar-refractivity contribution is 7.22. The van der Waals surface area contributed by atoms with E-state index in [1.165, 1.54) is 17.4 Å². The number of fused-ring (bicyclic) bond motifs is 1. The van der Waals surface area contributed by atoms with Crippen LogP contribution in [-0.4, -0.2) is 14.5 Å². The molecule has 0 amide bonds. The lowest BCUT2D eigenvalue weighted by molar-refractivity contribution is -0.137. The van der Waals surface area contributed by atoms with Crippen molar-refractivity contribution in [1.29, 1.82) is 0 Å². The Kier molecular flexibility index (Phi) is 4.57. The van der Waals surface area contributed by atoms with Gasteiger partial charge < -0.3 is 9.88 Å². The minimum atomic E-state index is -4.36. The molecule has 27 heavy (non-hydrogen) atoms. The van der Waals surface area contributed by atoms with Crippen LogP contribution < -0.4 is 5.32 Å². The molecule has 0 aliphatic rings. The Hall–Kier alpha value is -2.87. The molecule has 2 aromatic heterocycles. The fourth-order valence-corrected chi connectivity index (χ4v) is 3.55. The third-order valence-corrected chi connectivity index (χ3v) is 5.10. The standard InChI is InChI=1S/C19H15F3N4S/c20-19(21,22)15-5-6-17-16(9-15)25-18(27-17)24-10-13-1-3-14(4-2-13)11-26-8-7-23-12-26/h1-9,12H,10-11H2,(H,24,25). The summed E-state index contributed by atoms with van der Waals surface area (Å²) < 4.78 is 41.1. The second-order valence-corrected chi connectivity index (χ2v) is 7.13. The number of anilines is 1. The highest BCUT2D eigenvalue weighted by Gasteiger charge is 2.30. The zero-order valence-corrected chi connectivity index (χ0v) is 14.9. The molecule has 0 aliphatic heterocycles. The molecule has 0 unspecified atom stereocenters. The van der Waals surface area contributed by atoms with Crippen LogP contribution in [0.15, 0.2) is 61.2 Å². The summed E-state index contributed by atoms with van der Waals surface area (Å²) in [5.74, 6) is 0. The van der Waals surface area contributed by atoms with E-state index >= 15 is 0 Å². The van der Waals surface area contributed by atoms with E-state index < -0.39 is 11.7 Å². The smallest absolute Gasteiger partial charge is 0.357 e. The summed E-state index contributed by atoms with van der Waals surface area (Å²) in [5.41, 5.74) is 1.91. The molecule has 0 spiro atoms. The molecular formula is C19H15F3N4S. The normalized spacial score (nSPS) is 11.8. The first-order valence-electron chi connectivity index (χ1n) is 8.22. The molecule has 4 rings (SSSR count). The van der Waals surface area contributed by atoms with Crippen molar-refractivity contribution in [2.75, 3.05) is 5.32 Å². The number of alkyl halides is 3. The van der Waals surface area contributed by atoms with Gasteiger partial charge in [0.1, 0.15) is 0 Å². The lowest BCUT2D eigenvalue weighted by atomic mass is 10.1. The third kappa shape index (κ3) is 4.11. The number of hydrogen-bond acceptors (Lipinski definition) is 4. The van der Waals surface area contributed by atoms with Crippen molar-refractivity contribution in [3.05, 3.63) is 77.9 Å². The Bertz CT molecular complexity index is 1040. The third-order valence-electron chi connectivity index (χ3n) is 4.11. The number of rotatable bonds is 5. The van der Waals surface area contributed by atoms with Crippen molar-refractivity contribution in [2.24, 2.45) is 0 Å². The van der Waals surface area contributed by atoms with Crippen LogP contribution in [0.25, 0.3) is 10.2 Å². The molecule has 4 aromatic rings. The van der Waals surface area contributed by atoms with Gasteiger partial charge in [0.05, 0.1) is 22.1 Å². The fraction of sp³-hybridized carbons (Fsp3) is 0.158. The first-order valence-corrected chi connectivity index (χ1v) is 9.04. The second kappa shape index (κ2) is 7.03. The summed E-state index contributed by atoms with van der Waals surface area (Å²) in [4.78, 5) is 8.29. The number of benzene rings is 2. The van der Waals surface area contributed by atoms with E-state index in [4.69, 9.17) is 0 Å². The van der Waals surface area contributed by atoms with E-state index in [1.54, 1.807) is 12.5 Å². The number of nitrogens with one attached hydrogen (secondary N) is 1. The Morgan fingerprint density at radius 3 is 2.52 bits per heavy atom. The highest BCUT2D eigenvalue weighted by Crippen LogP contribution is 2.34. The summed E-state index contributed by atoms with van der Waals surface area (Å²) in [6.07, 6.45) is 1.07. The Labute approximate surface area is 157 Å². The summed E-state index contributed by atoms with van der Waals surface area (Å²) in [6.45, 7) is 1.31. The average Bonchev–Trinajstić information content (AvgIpc) is 3.28. The number of hydrogen-bond donors (Lipinski definition) is 1. The van der Waals surface area contributed by atoms with Crippen molar-refractivity contribution in [3.8, 4) is 0 Å². The van der Waals surface area contributed by atoms with Crippen LogP contribution in [0.2, 0.25) is 0 Å². The van der Waals surface area contributed by atoms with Gasteiger partial charge in [-0.05, 0) is 29.3 Å². The minimum absolute atomic E-state index is 0.355. The van der Waals surface area contributed by atoms with Crippen LogP contribution in [0, 0.1) is 0 Å². The van der Waals surface area contributed by atoms with Gasteiger partial charge in [-0.1, -0.05) is 35.6 Å². The number of imidazole rings is 1. The summed E-state index contributed by atoms with van der Waals surface area (Å²) in [5, 5.41) is 3.79. The Balaban J connectivity index is 1.42. The topological polar surface area (TPSA) is 42.7 Å². The predicted molar refractivity (Wildman–Crippen MR) is 99.7 cm³/mol. The van der Waals surface area contributed by atoms with Crippen LogP contribution in [0.4, 0.5) is 18.3 Å². The minimum Gasteiger partial charge on any atom is -0.357 e. The molecule has 0 saturated carbocycles. The lowest BCUT2D eigenvalue weighted by Crippen LogP contribution is -2.04. The molecular weight excluding hydrogens is 373 g/mol. The molecule has 0 aliphatic carbocycles. The molecule has 0 fully saturated rings. The fourth-order valence-electron chi connectivity index (χ4n) is 2.71. The molecule has 1 N–H and O–H groups in total. The lowest BCUT2D eigenvalue weighted by Gasteiger charge is -2.06. The van der Waals surface area contributed by atoms with Crippen molar-refractivity contribution in [1.82, 2.24) is 14.5 Å². The zero-order chi connectivity index (χ0) is 18.9. The van der Waals surface area contributed by atoms with Crippen molar-refractivity contribution < 1.29 is 13.2 Å². The van der Waals surface area contributed by atoms with Gasteiger partial charge in [0.25, 0.3) is 0 Å². The molecule has 4 nitrogen and oxygen atoms in total. The van der Waals surface area contributed by atoms with Gasteiger partial charge >= 0.3 is 6.18 Å². The van der Waals surface area contributed by atoms with E-state index in [9.17, 15) is 13.2 Å². The van der Waals surface area contributed by atoms with Gasteiger partial charge in [-0.15, -0.1) is 0 Å². The van der Waals surface area contributed by atoms with Gasteiger partial charge in [0.15, 0.2) is 5.13 Å². The van der Waals surface area contributed by atoms with Crippen molar-refractivity contribution >= 4 is 26.7 Å². The quantitative estimate of drug-likeness (QED) is 0.513. The largest absolute Gasteiger partial charge is 0.416 e. The van der Waals surface area contributed by atoms with Crippen LogP contribution in [0.3, 0.4) is 0 Å². The maximum absolute atomic E-state index is 12.8. The zero-order valence-electron chi connectivity index (χ0n) is 14.1. The number of nitrogens with zero attached hydrogens (tertiary/aromatic N) is 3. The highest BCUT2D eigenvalue weighted by atomic mass is 32.1. The molecule has 2 heterocycles. The van der Waals surface area contributed by atoms with E-state index in [-0.39, 0.29) is 0 Å². The first kappa shape index (κ1) is 17.5. The first-order chi connectivity index (χ1) is 13.0. The second-order valence-electron chi connectivity index (χ2n) is 6.10. The Morgan fingerprint density at radius 1 is 1.04 bits per heavy atom. The van der Waals surface area contributed by atoms with Crippen LogP contribution in [-0.2, 0) is 19.3 Å². The van der Waals surface area contributed by atoms with E-state index in [2.05, 4.69) is 15.3 Å². The summed E-state index contributed by atoms with van der Waals surface area (Å²) >= 11 is 1.34. The van der Waals surface area contributed by atoms with E-state index in [0.717, 1.165) is 34.5 Å². The molecule has 0 bridgehead atoms. The summed E-state index contributed by atoms with van der Waals surface area (Å²) in [7, 11) is 0. The molecule has 2 aromatic carbocycles. The van der Waals surface area contributed by atoms with Crippen molar-refractivity contribution in [2.45, 2.75) is 19.3 Å². The molecule has 0 radical (unpaired) electrons. The van der Waals surface area contributed by atoms with Crippen LogP contribution in [0.1, 0.15) is 16.7 Å². The number of aromatic nitrogens is 3. The monoisotopic (exact) mass is 388 g/mol. The maximum atomic E-state index is 12.8. The van der Waals surface area contributed by atoms with Crippen LogP contribution in [0.5, 0.6) is 0 Å². The Morgan fingerprint density at radius 2 is 1.81 bits per heavy atom. The van der Waals surface area contributed by atoms with Gasteiger partial charge in [0.2, 0.25) is 0 Å². The maximum Gasteiger partial charge on any atom is 0.416 e. The number of thiazole rings is 1. The molecule has 0 atom stereocenters. The van der Waals surface area contributed by atoms with E-state index in [0.29, 0.717) is 17.2 Å². The SMILES string of the molecule is FC(F)(F)c1ccc2sc(NCc3ccc(Cn4ccnc4)cc3)nc2c1. The van der Waals surface area contributed by atoms with Gasteiger partial charge in [0, 0.05) is 25.5 Å². The van der Waals surface area contributed by atoms with Gasteiger partial charge in [-0.3, -0.25) is 0 Å². The van der Waals surface area contributed by atoms with Crippen LogP contribution >= 0.6 is 11.3 Å². The molecule has 8 heteroatoms. The number of halogens is 3. The van der Waals surface area contributed by atoms with Crippen molar-refractivity contribution in [3.63, 3.8) is 0 Å². The summed E-state index contributed by atoms with van der Waals surface area (Å²) in [6, 6.07) is 11.8. The predicted octanol–water partition coefficient (Wildman–Crippen LogP) is 5.17.